The molecule has 0 bridgehead atoms. The van der Waals surface area contributed by atoms with Crippen molar-refractivity contribution in [3.05, 3.63) is 0 Å². The van der Waals surface area contributed by atoms with Crippen molar-refractivity contribution in [1.29, 1.82) is 0 Å². The molecule has 0 atom stereocenters. The van der Waals surface area contributed by atoms with E-state index >= 15 is 0 Å². The first kappa shape index (κ1) is 25.8. The fourth-order valence-electron chi connectivity index (χ4n) is 3.43. The molecule has 1 heterocycles. The number of likely N-dealkylation sites (tertiary alicyclic amines) is 1. The number of ketones is 2. The van der Waals surface area contributed by atoms with E-state index in [1.54, 1.807) is 0 Å². The number of nitrogens with zero attached hydrogens (tertiary/aromatic N) is 2. The molecule has 166 valence electrons. The van der Waals surface area contributed by atoms with Crippen LogP contribution < -0.4 is 5.73 Å². The molecule has 2 N–H and O–H groups in total. The Balaban J connectivity index is 2.34. The Morgan fingerprint density at radius 3 is 2.38 bits per heavy atom. The first-order valence-corrected chi connectivity index (χ1v) is 11.5. The number of nitrogens with two attached hydrogens (primary N) is 1. The van der Waals surface area contributed by atoms with Crippen LogP contribution in [0.5, 0.6) is 0 Å². The van der Waals surface area contributed by atoms with Crippen LogP contribution in [-0.4, -0.2) is 71.7 Å². The molecule has 1 fully saturated rings. The first-order valence-electron chi connectivity index (χ1n) is 10.9. The summed E-state index contributed by atoms with van der Waals surface area (Å²) < 4.78 is 0. The second-order valence-electron chi connectivity index (χ2n) is 7.67. The minimum absolute atomic E-state index is 0.0115. The lowest BCUT2D eigenvalue weighted by molar-refractivity contribution is -0.144. The van der Waals surface area contributed by atoms with Crippen molar-refractivity contribution < 1.29 is 19.2 Å². The molecule has 0 aromatic rings. The Hall–Kier alpha value is -1.25. The normalized spacial score (nSPS) is 14.9. The molecular formula is C21H37N3O4S. The average Bonchev–Trinajstić information content (AvgIpc) is 2.91. The molecule has 0 radical (unpaired) electrons. The van der Waals surface area contributed by atoms with Gasteiger partial charge in [0.15, 0.2) is 0 Å². The molecule has 0 aromatic carbocycles. The van der Waals surface area contributed by atoms with Gasteiger partial charge in [-0.25, -0.2) is 0 Å². The van der Waals surface area contributed by atoms with E-state index in [9.17, 15) is 19.2 Å². The van der Waals surface area contributed by atoms with Crippen molar-refractivity contribution >= 4 is 36.0 Å². The zero-order valence-corrected chi connectivity index (χ0v) is 18.5. The van der Waals surface area contributed by atoms with E-state index in [0.717, 1.165) is 38.5 Å². The Morgan fingerprint density at radius 1 is 0.931 bits per heavy atom. The fraction of sp³-hybridized carbons (Fsp3) is 0.810. The van der Waals surface area contributed by atoms with Gasteiger partial charge < -0.3 is 10.6 Å². The summed E-state index contributed by atoms with van der Waals surface area (Å²) >= 11 is 4.25. The predicted molar refractivity (Wildman–Crippen MR) is 117 cm³/mol. The lowest BCUT2D eigenvalue weighted by Gasteiger charge is -2.23. The van der Waals surface area contributed by atoms with Gasteiger partial charge >= 0.3 is 0 Å². The van der Waals surface area contributed by atoms with Gasteiger partial charge in [-0.2, -0.15) is 12.6 Å². The summed E-state index contributed by atoms with van der Waals surface area (Å²) in [6, 6.07) is 0. The van der Waals surface area contributed by atoms with E-state index in [4.69, 9.17) is 5.73 Å². The Bertz CT molecular complexity index is 542. The van der Waals surface area contributed by atoms with Gasteiger partial charge in [-0.3, -0.25) is 24.1 Å². The van der Waals surface area contributed by atoms with Crippen molar-refractivity contribution in [3.63, 3.8) is 0 Å². The van der Waals surface area contributed by atoms with E-state index in [-0.39, 0.29) is 36.2 Å². The predicted octanol–water partition coefficient (Wildman–Crippen LogP) is 1.97. The molecule has 0 saturated carbocycles. The largest absolute Gasteiger partial charge is 0.330 e. The third-order valence-corrected chi connectivity index (χ3v) is 5.39. The van der Waals surface area contributed by atoms with E-state index in [1.165, 1.54) is 4.90 Å². The van der Waals surface area contributed by atoms with Crippen LogP contribution in [0.1, 0.15) is 70.6 Å². The minimum atomic E-state index is -0.139. The zero-order chi connectivity index (χ0) is 21.5. The fourth-order valence-corrected chi connectivity index (χ4v) is 3.72. The van der Waals surface area contributed by atoms with Crippen molar-refractivity contribution in [2.75, 3.05) is 38.5 Å². The third kappa shape index (κ3) is 11.5. The minimum Gasteiger partial charge on any atom is -0.330 e. The van der Waals surface area contributed by atoms with Gasteiger partial charge in [-0.1, -0.05) is 12.8 Å². The molecule has 0 aromatic heterocycles. The molecule has 0 unspecified atom stereocenters. The SMILES string of the molecule is NCCCCCC(=O)CC(=O)CCN(CCS)CCC(=O)N1CCCCCC1=O. The van der Waals surface area contributed by atoms with Gasteiger partial charge in [0.2, 0.25) is 11.8 Å². The smallest absolute Gasteiger partial charge is 0.230 e. The summed E-state index contributed by atoms with van der Waals surface area (Å²) in [5.41, 5.74) is 5.43. The van der Waals surface area contributed by atoms with Gasteiger partial charge in [0.25, 0.3) is 0 Å². The maximum atomic E-state index is 12.4. The van der Waals surface area contributed by atoms with Crippen LogP contribution in [-0.2, 0) is 19.2 Å². The third-order valence-electron chi connectivity index (χ3n) is 5.19. The summed E-state index contributed by atoms with van der Waals surface area (Å²) in [6.45, 7) is 2.79. The van der Waals surface area contributed by atoms with Gasteiger partial charge in [-0.15, -0.1) is 0 Å². The highest BCUT2D eigenvalue weighted by molar-refractivity contribution is 7.80. The number of thiol groups is 1. The highest BCUT2D eigenvalue weighted by atomic mass is 32.1. The average molecular weight is 428 g/mol. The van der Waals surface area contributed by atoms with Crippen LogP contribution in [0.25, 0.3) is 0 Å². The number of carbonyl (C=O) groups excluding carboxylic acids is 4. The number of hydrogen-bond donors (Lipinski definition) is 2. The lowest BCUT2D eigenvalue weighted by atomic mass is 10.1. The number of Topliss-reactive ketones (excluding diaryl/α,β-unsaturated/α-hetero) is 2. The van der Waals surface area contributed by atoms with Crippen LogP contribution in [0.4, 0.5) is 0 Å². The molecule has 0 spiro atoms. The first-order chi connectivity index (χ1) is 14.0. The van der Waals surface area contributed by atoms with Crippen LogP contribution >= 0.6 is 12.6 Å². The van der Waals surface area contributed by atoms with Gasteiger partial charge in [0, 0.05) is 57.6 Å². The second-order valence-corrected chi connectivity index (χ2v) is 8.12. The van der Waals surface area contributed by atoms with E-state index in [2.05, 4.69) is 12.6 Å². The van der Waals surface area contributed by atoms with Crippen LogP contribution in [0.3, 0.4) is 0 Å². The quantitative estimate of drug-likeness (QED) is 0.235. The van der Waals surface area contributed by atoms with Crippen molar-refractivity contribution in [1.82, 2.24) is 9.80 Å². The molecule has 1 aliphatic rings. The summed E-state index contributed by atoms with van der Waals surface area (Å²) in [5.74, 6) is 0.327. The Morgan fingerprint density at radius 2 is 1.66 bits per heavy atom. The molecule has 1 rings (SSSR count). The number of hydrogen-bond acceptors (Lipinski definition) is 7. The zero-order valence-electron chi connectivity index (χ0n) is 17.6. The maximum Gasteiger partial charge on any atom is 0.230 e. The molecular weight excluding hydrogens is 390 g/mol. The Kier molecular flexibility index (Phi) is 13.8. The van der Waals surface area contributed by atoms with Crippen molar-refractivity contribution in [2.45, 2.75) is 70.6 Å². The summed E-state index contributed by atoms with van der Waals surface area (Å²) in [4.78, 5) is 51.9. The van der Waals surface area contributed by atoms with E-state index in [0.29, 0.717) is 57.7 Å². The second kappa shape index (κ2) is 15.6. The highest BCUT2D eigenvalue weighted by Crippen LogP contribution is 2.12. The van der Waals surface area contributed by atoms with Crippen molar-refractivity contribution in [2.24, 2.45) is 5.73 Å². The summed E-state index contributed by atoms with van der Waals surface area (Å²) in [6.07, 6.45) is 6.72. The summed E-state index contributed by atoms with van der Waals surface area (Å²) in [7, 11) is 0. The molecule has 1 aliphatic heterocycles. The maximum absolute atomic E-state index is 12.4. The topological polar surface area (TPSA) is 101 Å². The van der Waals surface area contributed by atoms with E-state index < -0.39 is 0 Å². The molecule has 29 heavy (non-hydrogen) atoms. The number of rotatable bonds is 15. The molecule has 2 amide bonds. The van der Waals surface area contributed by atoms with Gasteiger partial charge in [-0.05, 0) is 32.2 Å². The van der Waals surface area contributed by atoms with Gasteiger partial charge in [0.05, 0.1) is 6.42 Å². The monoisotopic (exact) mass is 427 g/mol. The van der Waals surface area contributed by atoms with Gasteiger partial charge in [0.1, 0.15) is 11.6 Å². The number of carbonyl (C=O) groups is 4. The van der Waals surface area contributed by atoms with E-state index in [1.807, 2.05) is 4.90 Å². The summed E-state index contributed by atoms with van der Waals surface area (Å²) in [5, 5.41) is 0. The number of imide groups is 1. The molecule has 8 heteroatoms. The standard InChI is InChI=1S/C21H37N3O4S/c22-11-5-1-3-7-18(25)17-19(26)9-13-23(15-16-29)14-10-21(28)24-12-6-2-4-8-20(24)27/h29H,1-17,22H2. The molecule has 7 nitrogen and oxygen atoms in total. The van der Waals surface area contributed by atoms with Crippen LogP contribution in [0.15, 0.2) is 0 Å². The number of unbranched alkanes of at least 4 members (excludes halogenated alkanes) is 2. The number of amides is 2. The highest BCUT2D eigenvalue weighted by Gasteiger charge is 2.23. The van der Waals surface area contributed by atoms with Crippen LogP contribution in [0, 0.1) is 0 Å². The molecule has 1 saturated heterocycles. The van der Waals surface area contributed by atoms with Crippen LogP contribution in [0.2, 0.25) is 0 Å². The Labute approximate surface area is 180 Å². The molecule has 0 aliphatic carbocycles. The van der Waals surface area contributed by atoms with Crippen molar-refractivity contribution in [3.8, 4) is 0 Å². The lowest BCUT2D eigenvalue weighted by Crippen LogP contribution is -2.39.